The fourth-order valence-electron chi connectivity index (χ4n) is 1.29. The molecule has 15 heavy (non-hydrogen) atoms. The maximum Gasteiger partial charge on any atom is 0.269 e. The summed E-state index contributed by atoms with van der Waals surface area (Å²) < 4.78 is 13.2. The minimum absolute atomic E-state index is 0.0521. The van der Waals surface area contributed by atoms with Crippen LogP contribution in [-0.2, 0) is 6.42 Å². The molecule has 0 aliphatic rings. The highest BCUT2D eigenvalue weighted by molar-refractivity contribution is 5.35. The smallest absolute Gasteiger partial charge is 0.269 e. The van der Waals surface area contributed by atoms with Crippen molar-refractivity contribution in [2.24, 2.45) is 0 Å². The lowest BCUT2D eigenvalue weighted by Crippen LogP contribution is -1.95. The number of halogens is 1. The van der Waals surface area contributed by atoms with E-state index in [1.54, 1.807) is 0 Å². The second kappa shape index (κ2) is 5.41. The van der Waals surface area contributed by atoms with Crippen LogP contribution in [0.3, 0.4) is 0 Å². The van der Waals surface area contributed by atoms with Gasteiger partial charge in [0.2, 0.25) is 0 Å². The molecule has 0 saturated carbocycles. The van der Waals surface area contributed by atoms with Gasteiger partial charge in [0, 0.05) is 18.7 Å². The minimum Gasteiger partial charge on any atom is -0.396 e. The van der Waals surface area contributed by atoms with Gasteiger partial charge in [0.1, 0.15) is 5.82 Å². The van der Waals surface area contributed by atoms with E-state index in [2.05, 4.69) is 0 Å². The summed E-state index contributed by atoms with van der Waals surface area (Å²) in [5.41, 5.74) is 0.230. The molecule has 0 bridgehead atoms. The summed E-state index contributed by atoms with van der Waals surface area (Å²) in [6, 6.07) is 3.49. The molecule has 0 unspecified atom stereocenters. The SMILES string of the molecule is O=[N+]([O-])c1ccc(F)c(CCCCO)c1. The van der Waals surface area contributed by atoms with Crippen molar-refractivity contribution in [2.75, 3.05) is 6.61 Å². The van der Waals surface area contributed by atoms with Crippen molar-refractivity contribution in [2.45, 2.75) is 19.3 Å². The Balaban J connectivity index is 2.76. The molecule has 0 aliphatic heterocycles. The van der Waals surface area contributed by atoms with Gasteiger partial charge in [-0.25, -0.2) is 4.39 Å². The quantitative estimate of drug-likeness (QED) is 0.462. The number of hydrogen-bond donors (Lipinski definition) is 1. The van der Waals surface area contributed by atoms with Crippen LogP contribution in [0.1, 0.15) is 18.4 Å². The first kappa shape index (κ1) is 11.6. The van der Waals surface area contributed by atoms with Crippen LogP contribution in [0.2, 0.25) is 0 Å². The summed E-state index contributed by atoms with van der Waals surface area (Å²) in [6.45, 7) is 0.0521. The van der Waals surface area contributed by atoms with Crippen molar-refractivity contribution in [3.8, 4) is 0 Å². The average Bonchev–Trinajstić information content (AvgIpc) is 2.20. The van der Waals surface area contributed by atoms with E-state index in [1.807, 2.05) is 0 Å². The molecule has 82 valence electrons. The number of nitro groups is 1. The van der Waals surface area contributed by atoms with Crippen LogP contribution in [0.15, 0.2) is 18.2 Å². The molecule has 0 atom stereocenters. The standard InChI is InChI=1S/C10H12FNO3/c11-10-5-4-9(12(14)15)7-8(10)3-1-2-6-13/h4-5,7,13H,1-3,6H2. The van der Waals surface area contributed by atoms with Gasteiger partial charge in [-0.3, -0.25) is 10.1 Å². The predicted molar refractivity (Wildman–Crippen MR) is 53.1 cm³/mol. The van der Waals surface area contributed by atoms with Gasteiger partial charge in [0.25, 0.3) is 5.69 Å². The fourth-order valence-corrected chi connectivity index (χ4v) is 1.29. The number of hydrogen-bond acceptors (Lipinski definition) is 3. The maximum atomic E-state index is 13.2. The first-order chi connectivity index (χ1) is 7.15. The topological polar surface area (TPSA) is 63.4 Å². The van der Waals surface area contributed by atoms with Gasteiger partial charge in [-0.2, -0.15) is 0 Å². The Morgan fingerprint density at radius 2 is 2.13 bits per heavy atom. The molecule has 1 aromatic carbocycles. The molecule has 0 spiro atoms. The van der Waals surface area contributed by atoms with Crippen LogP contribution in [0.25, 0.3) is 0 Å². The van der Waals surface area contributed by atoms with Crippen molar-refractivity contribution >= 4 is 5.69 Å². The molecular weight excluding hydrogens is 201 g/mol. The van der Waals surface area contributed by atoms with Gasteiger partial charge < -0.3 is 5.11 Å². The molecule has 0 aliphatic carbocycles. The number of aliphatic hydroxyl groups is 1. The Hall–Kier alpha value is -1.49. The first-order valence-electron chi connectivity index (χ1n) is 4.69. The zero-order valence-electron chi connectivity index (χ0n) is 8.15. The summed E-state index contributed by atoms with van der Waals surface area (Å²) in [7, 11) is 0. The van der Waals surface area contributed by atoms with E-state index in [1.165, 1.54) is 6.07 Å². The van der Waals surface area contributed by atoms with Crippen molar-refractivity contribution in [1.82, 2.24) is 0 Å². The number of nitrogens with zero attached hydrogens (tertiary/aromatic N) is 1. The number of aliphatic hydroxyl groups excluding tert-OH is 1. The van der Waals surface area contributed by atoms with Gasteiger partial charge in [-0.15, -0.1) is 0 Å². The zero-order valence-corrected chi connectivity index (χ0v) is 8.15. The van der Waals surface area contributed by atoms with Crippen molar-refractivity contribution in [3.63, 3.8) is 0 Å². The summed E-state index contributed by atoms with van der Waals surface area (Å²) in [6.07, 6.45) is 1.60. The molecule has 4 nitrogen and oxygen atoms in total. The van der Waals surface area contributed by atoms with Crippen molar-refractivity contribution in [3.05, 3.63) is 39.7 Å². The Morgan fingerprint density at radius 3 is 2.73 bits per heavy atom. The third kappa shape index (κ3) is 3.28. The molecule has 0 saturated heterocycles. The highest BCUT2D eigenvalue weighted by Crippen LogP contribution is 2.18. The first-order valence-corrected chi connectivity index (χ1v) is 4.69. The van der Waals surface area contributed by atoms with E-state index < -0.39 is 10.7 Å². The molecule has 0 amide bonds. The summed E-state index contributed by atoms with van der Waals surface area (Å²) in [4.78, 5) is 9.89. The van der Waals surface area contributed by atoms with Gasteiger partial charge in [-0.1, -0.05) is 0 Å². The van der Waals surface area contributed by atoms with Crippen LogP contribution < -0.4 is 0 Å². The molecule has 0 aromatic heterocycles. The van der Waals surface area contributed by atoms with Crippen LogP contribution in [0, 0.1) is 15.9 Å². The number of rotatable bonds is 5. The normalized spacial score (nSPS) is 10.3. The van der Waals surface area contributed by atoms with Crippen LogP contribution in [0.5, 0.6) is 0 Å². The van der Waals surface area contributed by atoms with E-state index in [-0.39, 0.29) is 12.3 Å². The largest absolute Gasteiger partial charge is 0.396 e. The molecule has 1 N–H and O–H groups in total. The third-order valence-electron chi connectivity index (χ3n) is 2.09. The van der Waals surface area contributed by atoms with Crippen LogP contribution >= 0.6 is 0 Å². The molecule has 0 heterocycles. The average molecular weight is 213 g/mol. The van der Waals surface area contributed by atoms with E-state index >= 15 is 0 Å². The molecule has 1 rings (SSSR count). The van der Waals surface area contributed by atoms with E-state index in [9.17, 15) is 14.5 Å². The van der Waals surface area contributed by atoms with E-state index in [4.69, 9.17) is 5.11 Å². The van der Waals surface area contributed by atoms with Crippen LogP contribution in [0.4, 0.5) is 10.1 Å². The maximum absolute atomic E-state index is 13.2. The lowest BCUT2D eigenvalue weighted by Gasteiger charge is -2.02. The summed E-state index contributed by atoms with van der Waals surface area (Å²) in [5, 5.41) is 19.0. The number of nitro benzene ring substituents is 1. The fraction of sp³-hybridized carbons (Fsp3) is 0.400. The Bertz CT molecular complexity index is 355. The highest BCUT2D eigenvalue weighted by atomic mass is 19.1. The summed E-state index contributed by atoms with van der Waals surface area (Å²) >= 11 is 0. The number of unbranched alkanes of at least 4 members (excludes halogenated alkanes) is 1. The predicted octanol–water partition coefficient (Wildman–Crippen LogP) is 2.05. The highest BCUT2D eigenvalue weighted by Gasteiger charge is 2.10. The van der Waals surface area contributed by atoms with Crippen LogP contribution in [-0.4, -0.2) is 16.6 Å². The van der Waals surface area contributed by atoms with E-state index in [0.29, 0.717) is 24.8 Å². The number of non-ortho nitro benzene ring substituents is 1. The minimum atomic E-state index is -0.547. The number of aryl methyl sites for hydroxylation is 1. The summed E-state index contributed by atoms with van der Waals surface area (Å²) in [5.74, 6) is -0.432. The zero-order chi connectivity index (χ0) is 11.3. The Morgan fingerprint density at radius 1 is 1.40 bits per heavy atom. The second-order valence-electron chi connectivity index (χ2n) is 3.21. The van der Waals surface area contributed by atoms with Gasteiger partial charge in [-0.05, 0) is 30.9 Å². The van der Waals surface area contributed by atoms with E-state index in [0.717, 1.165) is 12.1 Å². The van der Waals surface area contributed by atoms with Gasteiger partial charge in [0.15, 0.2) is 0 Å². The molecule has 5 heteroatoms. The van der Waals surface area contributed by atoms with Gasteiger partial charge >= 0.3 is 0 Å². The molecule has 1 aromatic rings. The lowest BCUT2D eigenvalue weighted by atomic mass is 10.1. The molecule has 0 radical (unpaired) electrons. The van der Waals surface area contributed by atoms with Crippen molar-refractivity contribution in [1.29, 1.82) is 0 Å². The third-order valence-corrected chi connectivity index (χ3v) is 2.09. The molecule has 0 fully saturated rings. The van der Waals surface area contributed by atoms with Gasteiger partial charge in [0.05, 0.1) is 4.92 Å². The molecular formula is C10H12FNO3. The lowest BCUT2D eigenvalue weighted by molar-refractivity contribution is -0.385. The Labute approximate surface area is 86.5 Å². The monoisotopic (exact) mass is 213 g/mol. The second-order valence-corrected chi connectivity index (χ2v) is 3.21. The Kier molecular flexibility index (Phi) is 4.17. The number of benzene rings is 1. The van der Waals surface area contributed by atoms with Crippen molar-refractivity contribution < 1.29 is 14.4 Å².